The minimum Gasteiger partial charge on any atom is -0.481 e. The van der Waals surface area contributed by atoms with Gasteiger partial charge in [0.2, 0.25) is 11.8 Å². The number of likely N-dealkylation sites (tertiary alicyclic amines) is 1. The molecule has 1 N–H and O–H groups in total. The van der Waals surface area contributed by atoms with Crippen LogP contribution in [0.15, 0.2) is 42.5 Å². The average molecular weight is 435 g/mol. The number of benzene rings is 1. The first kappa shape index (κ1) is 22.1. The summed E-state index contributed by atoms with van der Waals surface area (Å²) in [6.07, 6.45) is 3.63. The average Bonchev–Trinajstić information content (AvgIpc) is 3.53. The van der Waals surface area contributed by atoms with E-state index in [0.29, 0.717) is 23.9 Å². The summed E-state index contributed by atoms with van der Waals surface area (Å²) in [7, 11) is 1.63. The van der Waals surface area contributed by atoms with Crippen molar-refractivity contribution >= 4 is 17.6 Å². The molecule has 32 heavy (non-hydrogen) atoms. The molecule has 168 valence electrons. The zero-order valence-corrected chi connectivity index (χ0v) is 19.1. The van der Waals surface area contributed by atoms with Gasteiger partial charge in [-0.2, -0.15) is 0 Å². The molecule has 0 radical (unpaired) electrons. The molecule has 6 heteroatoms. The van der Waals surface area contributed by atoms with E-state index >= 15 is 0 Å². The van der Waals surface area contributed by atoms with Crippen LogP contribution in [0.25, 0.3) is 5.57 Å². The van der Waals surface area contributed by atoms with E-state index in [1.54, 1.807) is 7.11 Å². The van der Waals surface area contributed by atoms with Gasteiger partial charge >= 0.3 is 6.09 Å². The molecule has 2 aliphatic rings. The van der Waals surface area contributed by atoms with Gasteiger partial charge in [0.25, 0.3) is 0 Å². The number of pyridine rings is 1. The number of rotatable bonds is 5. The number of methoxy groups -OCH3 is 1. The van der Waals surface area contributed by atoms with Crippen LogP contribution in [0.5, 0.6) is 5.88 Å². The van der Waals surface area contributed by atoms with Gasteiger partial charge < -0.3 is 9.84 Å². The molecule has 1 aromatic heterocycles. The molecular weight excluding hydrogens is 404 g/mol. The van der Waals surface area contributed by atoms with E-state index in [2.05, 4.69) is 39.0 Å². The van der Waals surface area contributed by atoms with Crippen molar-refractivity contribution < 1.29 is 19.4 Å². The van der Waals surface area contributed by atoms with Crippen LogP contribution in [-0.4, -0.2) is 40.1 Å². The van der Waals surface area contributed by atoms with Crippen molar-refractivity contribution in [3.63, 3.8) is 0 Å². The Morgan fingerprint density at radius 2 is 1.81 bits per heavy atom. The summed E-state index contributed by atoms with van der Waals surface area (Å²) in [5.74, 6) is 0.746. The van der Waals surface area contributed by atoms with Crippen LogP contribution >= 0.6 is 0 Å². The Hall–Kier alpha value is -3.15. The molecule has 0 spiro atoms. The molecule has 2 aromatic rings. The van der Waals surface area contributed by atoms with E-state index in [-0.39, 0.29) is 17.7 Å². The fraction of sp³-hybridized carbons (Fsp3) is 0.423. The predicted molar refractivity (Wildman–Crippen MR) is 123 cm³/mol. The first-order valence-electron chi connectivity index (χ1n) is 11.1. The molecular formula is C26H30N2O4. The van der Waals surface area contributed by atoms with Crippen LogP contribution in [0.2, 0.25) is 0 Å². The van der Waals surface area contributed by atoms with Crippen LogP contribution in [0.4, 0.5) is 4.79 Å². The molecule has 2 fully saturated rings. The van der Waals surface area contributed by atoms with Crippen LogP contribution in [0, 0.1) is 0 Å². The molecule has 1 atom stereocenters. The molecule has 2 heterocycles. The summed E-state index contributed by atoms with van der Waals surface area (Å²) in [6.45, 7) is 6.49. The fourth-order valence-corrected chi connectivity index (χ4v) is 4.25. The van der Waals surface area contributed by atoms with Gasteiger partial charge in [-0.25, -0.2) is 14.7 Å². The third-order valence-electron chi connectivity index (χ3n) is 6.26. The van der Waals surface area contributed by atoms with Crippen molar-refractivity contribution in [3.8, 4) is 5.88 Å². The SMILES string of the molecule is COc1nc(C(=C[C@H]2CCC(=O)N2C(=O)O)c2ccc(C(C)(C)C)cc2)ccc1C1CC1. The molecule has 1 saturated carbocycles. The third-order valence-corrected chi connectivity index (χ3v) is 6.26. The Morgan fingerprint density at radius 1 is 1.12 bits per heavy atom. The molecule has 0 unspecified atom stereocenters. The number of hydrogen-bond acceptors (Lipinski definition) is 4. The summed E-state index contributed by atoms with van der Waals surface area (Å²) < 4.78 is 5.59. The largest absolute Gasteiger partial charge is 0.481 e. The topological polar surface area (TPSA) is 79.7 Å². The molecule has 1 aliphatic carbocycles. The van der Waals surface area contributed by atoms with Gasteiger partial charge in [0.1, 0.15) is 0 Å². The van der Waals surface area contributed by atoms with E-state index in [1.165, 1.54) is 5.56 Å². The second kappa shape index (κ2) is 8.41. The number of hydrogen-bond donors (Lipinski definition) is 1. The van der Waals surface area contributed by atoms with E-state index in [4.69, 9.17) is 9.72 Å². The molecule has 2 amide bonds. The lowest BCUT2D eigenvalue weighted by atomic mass is 9.86. The van der Waals surface area contributed by atoms with E-state index in [1.807, 2.05) is 24.3 Å². The van der Waals surface area contributed by atoms with Gasteiger partial charge in [-0.3, -0.25) is 4.79 Å². The number of aromatic nitrogens is 1. The van der Waals surface area contributed by atoms with Crippen molar-refractivity contribution in [1.29, 1.82) is 0 Å². The Morgan fingerprint density at radius 3 is 2.38 bits per heavy atom. The molecule has 4 rings (SSSR count). The second-order valence-electron chi connectivity index (χ2n) is 9.63. The van der Waals surface area contributed by atoms with E-state index in [0.717, 1.165) is 34.4 Å². The van der Waals surface area contributed by atoms with Crippen molar-refractivity contribution in [1.82, 2.24) is 9.88 Å². The smallest absolute Gasteiger partial charge is 0.414 e. The summed E-state index contributed by atoms with van der Waals surface area (Å²) >= 11 is 0. The number of amides is 2. The van der Waals surface area contributed by atoms with Crippen LogP contribution in [0.3, 0.4) is 0 Å². The van der Waals surface area contributed by atoms with Gasteiger partial charge in [-0.1, -0.05) is 57.2 Å². The van der Waals surface area contributed by atoms with Crippen LogP contribution in [-0.2, 0) is 10.2 Å². The lowest BCUT2D eigenvalue weighted by molar-refractivity contribution is -0.126. The maximum atomic E-state index is 12.1. The molecule has 0 bridgehead atoms. The van der Waals surface area contributed by atoms with E-state index in [9.17, 15) is 14.7 Å². The van der Waals surface area contributed by atoms with E-state index < -0.39 is 12.1 Å². The molecule has 6 nitrogen and oxygen atoms in total. The van der Waals surface area contributed by atoms with Gasteiger partial charge in [0, 0.05) is 17.6 Å². The highest BCUT2D eigenvalue weighted by Crippen LogP contribution is 2.44. The lowest BCUT2D eigenvalue weighted by Gasteiger charge is -2.21. The number of nitrogens with zero attached hydrogens (tertiary/aromatic N) is 2. The summed E-state index contributed by atoms with van der Waals surface area (Å²) in [5, 5.41) is 9.56. The van der Waals surface area contributed by atoms with Gasteiger partial charge in [-0.05, 0) is 47.8 Å². The Bertz CT molecular complexity index is 1060. The second-order valence-corrected chi connectivity index (χ2v) is 9.63. The van der Waals surface area contributed by atoms with Gasteiger partial charge in [-0.15, -0.1) is 0 Å². The highest BCUT2D eigenvalue weighted by Gasteiger charge is 2.35. The maximum absolute atomic E-state index is 12.1. The van der Waals surface area contributed by atoms with Crippen molar-refractivity contribution in [2.24, 2.45) is 0 Å². The highest BCUT2D eigenvalue weighted by atomic mass is 16.5. The standard InChI is InChI=1S/C26H30N2O4/c1-26(2,3)18-9-7-17(8-10-18)21(15-19-11-14-23(29)28(19)25(30)31)22-13-12-20(16-5-6-16)24(27-22)32-4/h7-10,12-13,15-16,19H,5-6,11,14H2,1-4H3,(H,30,31)/t19-/m1/s1. The summed E-state index contributed by atoms with van der Waals surface area (Å²) in [5.41, 5.74) is 4.78. The number of carboxylic acid groups (broad SMARTS) is 1. The molecule has 1 aromatic carbocycles. The Balaban J connectivity index is 1.80. The van der Waals surface area contributed by atoms with Crippen LogP contribution < -0.4 is 4.74 Å². The van der Waals surface area contributed by atoms with Crippen molar-refractivity contribution in [2.75, 3.05) is 7.11 Å². The number of imide groups is 1. The Kier molecular flexibility index (Phi) is 5.80. The third kappa shape index (κ3) is 4.40. The maximum Gasteiger partial charge on any atom is 0.414 e. The van der Waals surface area contributed by atoms with Crippen molar-refractivity contribution in [2.45, 2.75) is 63.8 Å². The monoisotopic (exact) mass is 434 g/mol. The minimum absolute atomic E-state index is 0.0216. The predicted octanol–water partition coefficient (Wildman–Crippen LogP) is 5.37. The Labute approximate surface area is 188 Å². The zero-order chi connectivity index (χ0) is 23.0. The molecule has 1 saturated heterocycles. The normalized spacial score (nSPS) is 19.4. The summed E-state index contributed by atoms with van der Waals surface area (Å²) in [6, 6.07) is 11.8. The van der Waals surface area contributed by atoms with Gasteiger partial charge in [0.15, 0.2) is 0 Å². The number of carbonyl (C=O) groups is 2. The van der Waals surface area contributed by atoms with Crippen molar-refractivity contribution in [3.05, 3.63) is 64.9 Å². The summed E-state index contributed by atoms with van der Waals surface area (Å²) in [4.78, 5) is 29.6. The number of carbonyl (C=O) groups excluding carboxylic acids is 1. The van der Waals surface area contributed by atoms with Gasteiger partial charge in [0.05, 0.1) is 18.8 Å². The first-order chi connectivity index (χ1) is 15.2. The number of ether oxygens (including phenoxy) is 1. The molecule has 1 aliphatic heterocycles. The lowest BCUT2D eigenvalue weighted by Crippen LogP contribution is -2.36. The van der Waals surface area contributed by atoms with Crippen LogP contribution in [0.1, 0.15) is 74.8 Å². The fourth-order valence-electron chi connectivity index (χ4n) is 4.25. The first-order valence-corrected chi connectivity index (χ1v) is 11.1. The quantitative estimate of drug-likeness (QED) is 0.685. The minimum atomic E-state index is -1.22. The highest BCUT2D eigenvalue weighted by molar-refractivity contribution is 5.94. The zero-order valence-electron chi connectivity index (χ0n) is 19.1.